The molecule has 0 atom stereocenters. The number of aryl methyl sites for hydroxylation is 2. The van der Waals surface area contributed by atoms with Gasteiger partial charge in [-0.15, -0.1) is 0 Å². The van der Waals surface area contributed by atoms with Gasteiger partial charge in [-0.3, -0.25) is 0 Å². The molecule has 0 saturated heterocycles. The van der Waals surface area contributed by atoms with Gasteiger partial charge < -0.3 is 14.2 Å². The van der Waals surface area contributed by atoms with E-state index in [2.05, 4.69) is 39.0 Å². The van der Waals surface area contributed by atoms with Crippen molar-refractivity contribution in [3.05, 3.63) is 47.6 Å². The molecule has 0 aromatic carbocycles. The van der Waals surface area contributed by atoms with E-state index in [1.165, 1.54) is 5.56 Å². The van der Waals surface area contributed by atoms with Gasteiger partial charge in [-0.1, -0.05) is 11.2 Å². The Bertz CT molecular complexity index is 683. The van der Waals surface area contributed by atoms with Crippen LogP contribution in [0.4, 0.5) is 5.82 Å². The van der Waals surface area contributed by atoms with Crippen LogP contribution in [0.3, 0.4) is 0 Å². The van der Waals surface area contributed by atoms with Gasteiger partial charge in [0.15, 0.2) is 5.82 Å². The van der Waals surface area contributed by atoms with Gasteiger partial charge in [0.1, 0.15) is 11.4 Å². The van der Waals surface area contributed by atoms with Crippen molar-refractivity contribution < 1.29 is 4.52 Å². The maximum absolute atomic E-state index is 5.01. The van der Waals surface area contributed by atoms with E-state index in [4.69, 9.17) is 4.52 Å². The second-order valence-electron chi connectivity index (χ2n) is 4.36. The number of pyridine rings is 1. The van der Waals surface area contributed by atoms with Crippen molar-refractivity contribution in [3.63, 3.8) is 0 Å². The van der Waals surface area contributed by atoms with E-state index in [-0.39, 0.29) is 0 Å². The summed E-state index contributed by atoms with van der Waals surface area (Å²) in [5, 5.41) is 7.11. The molecule has 18 heavy (non-hydrogen) atoms. The molecule has 0 aliphatic heterocycles. The molecular weight excluding hydrogens is 228 g/mol. The molecule has 3 heterocycles. The number of anilines is 1. The molecule has 0 bridgehead atoms. The molecule has 5 nitrogen and oxygen atoms in total. The Morgan fingerprint density at radius 1 is 1.33 bits per heavy atom. The highest BCUT2D eigenvalue weighted by atomic mass is 16.5. The highest BCUT2D eigenvalue weighted by molar-refractivity contribution is 5.43. The largest absolute Gasteiger partial charge is 0.362 e. The second-order valence-corrected chi connectivity index (χ2v) is 4.36. The summed E-state index contributed by atoms with van der Waals surface area (Å²) in [4.78, 5) is 4.36. The fourth-order valence-corrected chi connectivity index (χ4v) is 1.90. The molecule has 1 N–H and O–H groups in total. The maximum Gasteiger partial charge on any atom is 0.169 e. The van der Waals surface area contributed by atoms with Crippen molar-refractivity contribution in [2.75, 3.05) is 5.32 Å². The van der Waals surface area contributed by atoms with E-state index in [1.807, 2.05) is 25.3 Å². The smallest absolute Gasteiger partial charge is 0.169 e. The van der Waals surface area contributed by atoms with Gasteiger partial charge >= 0.3 is 0 Å². The molecule has 0 unspecified atom stereocenters. The van der Waals surface area contributed by atoms with E-state index in [1.54, 1.807) is 0 Å². The van der Waals surface area contributed by atoms with E-state index in [0.29, 0.717) is 6.54 Å². The number of hydrogen-bond donors (Lipinski definition) is 1. The quantitative estimate of drug-likeness (QED) is 0.766. The molecule has 0 amide bonds. The normalized spacial score (nSPS) is 11.0. The first-order chi connectivity index (χ1) is 8.72. The van der Waals surface area contributed by atoms with Crippen LogP contribution in [-0.4, -0.2) is 14.5 Å². The van der Waals surface area contributed by atoms with E-state index < -0.39 is 0 Å². The van der Waals surface area contributed by atoms with E-state index in [0.717, 1.165) is 22.9 Å². The number of rotatable bonds is 3. The maximum atomic E-state index is 5.01. The van der Waals surface area contributed by atoms with Crippen LogP contribution in [0.1, 0.15) is 17.0 Å². The summed E-state index contributed by atoms with van der Waals surface area (Å²) in [5.41, 5.74) is 3.25. The van der Waals surface area contributed by atoms with Crippen LogP contribution >= 0.6 is 0 Å². The van der Waals surface area contributed by atoms with Crippen molar-refractivity contribution in [2.45, 2.75) is 20.4 Å². The van der Waals surface area contributed by atoms with Gasteiger partial charge in [0, 0.05) is 12.3 Å². The molecule has 92 valence electrons. The lowest BCUT2D eigenvalue weighted by Gasteiger charge is -2.03. The fraction of sp³-hybridized carbons (Fsp3) is 0.231. The molecule has 5 heteroatoms. The van der Waals surface area contributed by atoms with Crippen LogP contribution < -0.4 is 5.32 Å². The van der Waals surface area contributed by atoms with Gasteiger partial charge in [-0.05, 0) is 25.5 Å². The Morgan fingerprint density at radius 3 is 3.00 bits per heavy atom. The van der Waals surface area contributed by atoms with Crippen LogP contribution in [0.2, 0.25) is 0 Å². The van der Waals surface area contributed by atoms with Gasteiger partial charge in [0.05, 0.1) is 18.4 Å². The van der Waals surface area contributed by atoms with Gasteiger partial charge in [-0.25, -0.2) is 4.98 Å². The minimum absolute atomic E-state index is 0.663. The lowest BCUT2D eigenvalue weighted by molar-refractivity contribution is 0.399. The van der Waals surface area contributed by atoms with Gasteiger partial charge in [0.25, 0.3) is 0 Å². The predicted octanol–water partition coefficient (Wildman–Crippen LogP) is 2.55. The van der Waals surface area contributed by atoms with E-state index >= 15 is 0 Å². The zero-order chi connectivity index (χ0) is 12.5. The Hall–Kier alpha value is -2.30. The number of aromatic nitrogens is 3. The van der Waals surface area contributed by atoms with Gasteiger partial charge in [-0.2, -0.15) is 0 Å². The standard InChI is InChI=1S/C13H14N4O/c1-9-3-4-13-15-7-11(17(13)8-9)6-14-12-5-10(2)18-16-12/h3-5,7-8H,6H2,1-2H3,(H,14,16). The third kappa shape index (κ3) is 1.95. The van der Waals surface area contributed by atoms with Crippen molar-refractivity contribution in [1.29, 1.82) is 0 Å². The predicted molar refractivity (Wildman–Crippen MR) is 68.5 cm³/mol. The summed E-state index contributed by atoms with van der Waals surface area (Å²) in [6.07, 6.45) is 3.95. The van der Waals surface area contributed by atoms with Crippen molar-refractivity contribution >= 4 is 11.5 Å². The first-order valence-corrected chi connectivity index (χ1v) is 5.82. The number of fused-ring (bicyclic) bond motifs is 1. The lowest BCUT2D eigenvalue weighted by Crippen LogP contribution is -2.02. The zero-order valence-corrected chi connectivity index (χ0v) is 10.3. The summed E-state index contributed by atoms with van der Waals surface area (Å²) in [6, 6.07) is 5.94. The van der Waals surface area contributed by atoms with E-state index in [9.17, 15) is 0 Å². The molecule has 0 aliphatic carbocycles. The first kappa shape index (κ1) is 10.8. The Balaban J connectivity index is 1.84. The minimum atomic E-state index is 0.663. The summed E-state index contributed by atoms with van der Waals surface area (Å²) in [6.45, 7) is 4.60. The third-order valence-corrected chi connectivity index (χ3v) is 2.81. The van der Waals surface area contributed by atoms with Crippen molar-refractivity contribution in [1.82, 2.24) is 14.5 Å². The van der Waals surface area contributed by atoms with Crippen LogP contribution in [0, 0.1) is 13.8 Å². The molecular formula is C13H14N4O. The molecule has 3 rings (SSSR count). The molecule has 0 saturated carbocycles. The third-order valence-electron chi connectivity index (χ3n) is 2.81. The molecule has 0 spiro atoms. The van der Waals surface area contributed by atoms with Crippen LogP contribution in [-0.2, 0) is 6.54 Å². The average Bonchev–Trinajstić information content (AvgIpc) is 2.93. The fourth-order valence-electron chi connectivity index (χ4n) is 1.90. The Kier molecular flexibility index (Phi) is 2.51. The Morgan fingerprint density at radius 2 is 2.22 bits per heavy atom. The molecule has 3 aromatic heterocycles. The Labute approximate surface area is 104 Å². The highest BCUT2D eigenvalue weighted by Gasteiger charge is 2.04. The monoisotopic (exact) mass is 242 g/mol. The number of imidazole rings is 1. The van der Waals surface area contributed by atoms with Gasteiger partial charge in [0.2, 0.25) is 0 Å². The van der Waals surface area contributed by atoms with Crippen LogP contribution in [0.5, 0.6) is 0 Å². The summed E-state index contributed by atoms with van der Waals surface area (Å²) >= 11 is 0. The first-order valence-electron chi connectivity index (χ1n) is 5.82. The van der Waals surface area contributed by atoms with Crippen molar-refractivity contribution in [3.8, 4) is 0 Å². The summed E-state index contributed by atoms with van der Waals surface area (Å²) in [7, 11) is 0. The SMILES string of the molecule is Cc1ccc2ncc(CNc3cc(C)on3)n2c1. The van der Waals surface area contributed by atoms with Crippen molar-refractivity contribution in [2.24, 2.45) is 0 Å². The summed E-state index contributed by atoms with van der Waals surface area (Å²) in [5.74, 6) is 1.54. The highest BCUT2D eigenvalue weighted by Crippen LogP contribution is 2.12. The molecule has 3 aromatic rings. The number of hydrogen-bond acceptors (Lipinski definition) is 4. The minimum Gasteiger partial charge on any atom is -0.362 e. The second kappa shape index (κ2) is 4.18. The molecule has 0 fully saturated rings. The topological polar surface area (TPSA) is 55.4 Å². The zero-order valence-electron chi connectivity index (χ0n) is 10.3. The summed E-state index contributed by atoms with van der Waals surface area (Å²) < 4.78 is 7.08. The number of nitrogens with zero attached hydrogens (tertiary/aromatic N) is 3. The van der Waals surface area contributed by atoms with Crippen LogP contribution in [0.15, 0.2) is 35.1 Å². The lowest BCUT2D eigenvalue weighted by atomic mass is 10.3. The molecule has 0 aliphatic rings. The number of nitrogens with one attached hydrogen (secondary N) is 1. The molecule has 0 radical (unpaired) electrons. The van der Waals surface area contributed by atoms with Crippen LogP contribution in [0.25, 0.3) is 5.65 Å². The average molecular weight is 242 g/mol.